The number of hydrogen-bond acceptors (Lipinski definition) is 7. The lowest BCUT2D eigenvalue weighted by molar-refractivity contribution is 0.0954. The summed E-state index contributed by atoms with van der Waals surface area (Å²) in [7, 11) is 0. The second-order valence-corrected chi connectivity index (χ2v) is 7.76. The zero-order valence-corrected chi connectivity index (χ0v) is 18.3. The van der Waals surface area contributed by atoms with Crippen molar-refractivity contribution in [3.63, 3.8) is 0 Å². The molecule has 2 heterocycles. The number of nitrogens with zero attached hydrogens (tertiary/aromatic N) is 3. The van der Waals surface area contributed by atoms with Crippen molar-refractivity contribution < 1.29 is 15.0 Å². The van der Waals surface area contributed by atoms with Gasteiger partial charge in [-0.05, 0) is 42.3 Å². The van der Waals surface area contributed by atoms with Gasteiger partial charge in [-0.25, -0.2) is 9.97 Å². The van der Waals surface area contributed by atoms with Crippen LogP contribution in [0.1, 0.15) is 21.5 Å². The van der Waals surface area contributed by atoms with Gasteiger partial charge in [-0.2, -0.15) is 5.26 Å². The Balaban J connectivity index is 1.34. The maximum Gasteiger partial charge on any atom is 0.251 e. The molecule has 1 unspecified atom stereocenters. The lowest BCUT2D eigenvalue weighted by atomic mass is 10.1. The molecule has 4 aromatic rings. The number of hydrogen-bond donors (Lipinski definition) is 5. The number of aliphatic hydroxyl groups excluding tert-OH is 2. The number of carbonyl (C=O) groups excluding carboxylic acids is 1. The second-order valence-electron chi connectivity index (χ2n) is 7.76. The fourth-order valence-electron chi connectivity index (χ4n) is 3.51. The van der Waals surface area contributed by atoms with E-state index >= 15 is 0 Å². The van der Waals surface area contributed by atoms with E-state index in [1.165, 1.54) is 0 Å². The minimum atomic E-state index is -0.892. The number of benzene rings is 2. The molecule has 2 aromatic carbocycles. The minimum absolute atomic E-state index is 0.137. The highest BCUT2D eigenvalue weighted by atomic mass is 16.3. The zero-order chi connectivity index (χ0) is 23.9. The number of carbonyl (C=O) groups is 1. The van der Waals surface area contributed by atoms with Crippen LogP contribution >= 0.6 is 0 Å². The summed E-state index contributed by atoms with van der Waals surface area (Å²) in [4.78, 5) is 24.1. The number of H-pyrrole nitrogens is 1. The Morgan fingerprint density at radius 1 is 1.18 bits per heavy atom. The van der Waals surface area contributed by atoms with Gasteiger partial charge < -0.3 is 25.8 Å². The summed E-state index contributed by atoms with van der Waals surface area (Å²) >= 11 is 0. The van der Waals surface area contributed by atoms with E-state index < -0.39 is 6.10 Å². The number of amides is 1. The molecule has 2 aromatic heterocycles. The second kappa shape index (κ2) is 10.6. The summed E-state index contributed by atoms with van der Waals surface area (Å²) < 4.78 is 0. The molecule has 9 nitrogen and oxygen atoms in total. The van der Waals surface area contributed by atoms with E-state index in [1.54, 1.807) is 30.6 Å². The third-order valence-corrected chi connectivity index (χ3v) is 5.37. The molecule has 1 atom stereocenters. The van der Waals surface area contributed by atoms with Crippen LogP contribution in [0, 0.1) is 11.3 Å². The van der Waals surface area contributed by atoms with Crippen molar-refractivity contribution in [2.45, 2.75) is 12.5 Å². The molecule has 0 fully saturated rings. The van der Waals surface area contributed by atoms with Crippen molar-refractivity contribution in [2.75, 3.05) is 25.0 Å². The van der Waals surface area contributed by atoms with Crippen molar-refractivity contribution >= 4 is 22.8 Å². The molecule has 0 aliphatic heterocycles. The molecule has 34 heavy (non-hydrogen) atoms. The van der Waals surface area contributed by atoms with Crippen LogP contribution < -0.4 is 10.6 Å². The van der Waals surface area contributed by atoms with Crippen LogP contribution in [-0.4, -0.2) is 56.9 Å². The molecule has 0 saturated carbocycles. The smallest absolute Gasteiger partial charge is 0.251 e. The van der Waals surface area contributed by atoms with Gasteiger partial charge in [-0.3, -0.25) is 4.79 Å². The number of rotatable bonds is 9. The van der Waals surface area contributed by atoms with E-state index in [1.807, 2.05) is 30.3 Å². The van der Waals surface area contributed by atoms with Gasteiger partial charge >= 0.3 is 0 Å². The minimum Gasteiger partial charge on any atom is -0.394 e. The Morgan fingerprint density at radius 3 is 2.76 bits per heavy atom. The predicted octanol–water partition coefficient (Wildman–Crippen LogP) is 2.23. The maximum atomic E-state index is 12.5. The first-order valence-corrected chi connectivity index (χ1v) is 10.8. The Kier molecular flexibility index (Phi) is 7.13. The largest absolute Gasteiger partial charge is 0.394 e. The van der Waals surface area contributed by atoms with Gasteiger partial charge in [0.1, 0.15) is 6.07 Å². The quantitative estimate of drug-likeness (QED) is 0.259. The summed E-state index contributed by atoms with van der Waals surface area (Å²) in [5.74, 6) is 0.168. The fourth-order valence-corrected chi connectivity index (χ4v) is 3.51. The number of fused-ring (bicyclic) bond motifs is 1. The molecule has 0 spiro atoms. The molecular formula is C25H24N6O3. The zero-order valence-electron chi connectivity index (χ0n) is 18.3. The molecule has 0 aliphatic rings. The number of aliphatic hydroxyl groups is 2. The molecule has 1 amide bonds. The SMILES string of the molecule is N#Cc1c[nH]c2ccc(CCNC(=O)c3ccc(-c4ccnc(NCC(O)CO)n4)cc3)cc12. The van der Waals surface area contributed by atoms with Crippen LogP contribution in [0.25, 0.3) is 22.2 Å². The topological polar surface area (TPSA) is 147 Å². The third kappa shape index (κ3) is 5.38. The summed E-state index contributed by atoms with van der Waals surface area (Å²) in [5, 5.41) is 34.2. The van der Waals surface area contributed by atoms with Crippen LogP contribution in [0.4, 0.5) is 5.95 Å². The van der Waals surface area contributed by atoms with Gasteiger partial charge in [0.2, 0.25) is 5.95 Å². The number of anilines is 1. The summed E-state index contributed by atoms with van der Waals surface area (Å²) in [6.07, 6.45) is 3.05. The standard InChI is InChI=1S/C25H24N6O3/c26-12-19-13-29-23-6-1-16(11-21(19)23)7-9-27-24(34)18-4-2-17(3-5-18)22-8-10-28-25(31-22)30-14-20(33)15-32/h1-6,8,10-11,13,20,29,32-33H,7,9,14-15H2,(H,27,34)(H,28,30,31). The molecule has 0 aliphatic carbocycles. The van der Waals surface area contributed by atoms with Gasteiger partial charge in [0.25, 0.3) is 5.91 Å². The van der Waals surface area contributed by atoms with E-state index in [-0.39, 0.29) is 19.1 Å². The van der Waals surface area contributed by atoms with E-state index in [0.29, 0.717) is 35.7 Å². The van der Waals surface area contributed by atoms with Crippen LogP contribution in [0.5, 0.6) is 0 Å². The van der Waals surface area contributed by atoms with Crippen LogP contribution in [-0.2, 0) is 6.42 Å². The number of nitriles is 1. The van der Waals surface area contributed by atoms with Crippen LogP contribution in [0.15, 0.2) is 60.9 Å². The lowest BCUT2D eigenvalue weighted by Gasteiger charge is -2.10. The molecule has 0 saturated heterocycles. The van der Waals surface area contributed by atoms with Crippen LogP contribution in [0.3, 0.4) is 0 Å². The Hall–Kier alpha value is -4.26. The van der Waals surface area contributed by atoms with Crippen molar-refractivity contribution in [1.29, 1.82) is 5.26 Å². The highest BCUT2D eigenvalue weighted by Gasteiger charge is 2.09. The summed E-state index contributed by atoms with van der Waals surface area (Å²) in [6, 6.07) is 16.9. The summed E-state index contributed by atoms with van der Waals surface area (Å²) in [6.45, 7) is 0.261. The number of aromatic nitrogens is 3. The van der Waals surface area contributed by atoms with Gasteiger partial charge in [0.15, 0.2) is 0 Å². The third-order valence-electron chi connectivity index (χ3n) is 5.37. The fraction of sp³-hybridized carbons (Fsp3) is 0.200. The Labute approximate surface area is 196 Å². The van der Waals surface area contributed by atoms with E-state index in [0.717, 1.165) is 22.0 Å². The average Bonchev–Trinajstić information content (AvgIpc) is 3.30. The maximum absolute atomic E-state index is 12.5. The van der Waals surface area contributed by atoms with Gasteiger partial charge in [0.05, 0.1) is 24.0 Å². The summed E-state index contributed by atoms with van der Waals surface area (Å²) in [5.41, 5.74) is 4.58. The highest BCUT2D eigenvalue weighted by Crippen LogP contribution is 2.20. The monoisotopic (exact) mass is 456 g/mol. The molecule has 0 radical (unpaired) electrons. The normalized spacial score (nSPS) is 11.7. The molecule has 9 heteroatoms. The first kappa shape index (κ1) is 22.9. The van der Waals surface area contributed by atoms with E-state index in [4.69, 9.17) is 5.11 Å². The average molecular weight is 457 g/mol. The van der Waals surface area contributed by atoms with E-state index in [9.17, 15) is 15.2 Å². The Bertz CT molecular complexity index is 1330. The molecule has 4 rings (SSSR count). The first-order valence-electron chi connectivity index (χ1n) is 10.8. The van der Waals surface area contributed by atoms with Crippen LogP contribution in [0.2, 0.25) is 0 Å². The molecular weight excluding hydrogens is 432 g/mol. The van der Waals surface area contributed by atoms with Gasteiger partial charge in [-0.1, -0.05) is 18.2 Å². The highest BCUT2D eigenvalue weighted by molar-refractivity contribution is 5.94. The van der Waals surface area contributed by atoms with Crippen molar-refractivity contribution in [1.82, 2.24) is 20.3 Å². The molecule has 0 bridgehead atoms. The molecule has 172 valence electrons. The molecule has 5 N–H and O–H groups in total. The Morgan fingerprint density at radius 2 is 2.00 bits per heavy atom. The van der Waals surface area contributed by atoms with Gasteiger partial charge in [-0.15, -0.1) is 0 Å². The first-order chi connectivity index (χ1) is 16.6. The van der Waals surface area contributed by atoms with Gasteiger partial charge in [0, 0.05) is 47.5 Å². The van der Waals surface area contributed by atoms with E-state index in [2.05, 4.69) is 31.7 Å². The van der Waals surface area contributed by atoms with Crippen molar-refractivity contribution in [3.8, 4) is 17.3 Å². The number of aromatic amines is 1. The lowest BCUT2D eigenvalue weighted by Crippen LogP contribution is -2.25. The predicted molar refractivity (Wildman–Crippen MR) is 128 cm³/mol. The van der Waals surface area contributed by atoms with Crippen molar-refractivity contribution in [3.05, 3.63) is 77.6 Å². The number of nitrogens with one attached hydrogen (secondary N) is 3. The van der Waals surface area contributed by atoms with Crippen molar-refractivity contribution in [2.24, 2.45) is 0 Å².